The summed E-state index contributed by atoms with van der Waals surface area (Å²) >= 11 is 0. The second-order valence-electron chi connectivity index (χ2n) is 4.85. The Kier molecular flexibility index (Phi) is 4.87. The Morgan fingerprint density at radius 3 is 2.81 bits per heavy atom. The smallest absolute Gasteiger partial charge is 0.222 e. The summed E-state index contributed by atoms with van der Waals surface area (Å²) in [4.78, 5) is 7.96. The van der Waals surface area contributed by atoms with Crippen molar-refractivity contribution >= 4 is 22.7 Å². The number of nitrogens with zero attached hydrogens (tertiary/aromatic N) is 2. The van der Waals surface area contributed by atoms with Crippen LogP contribution in [0, 0.1) is 5.82 Å². The molecule has 2 aromatic rings. The number of nitrogens with one attached hydrogen (secondary N) is 1. The van der Waals surface area contributed by atoms with Crippen LogP contribution in [0.4, 0.5) is 16.2 Å². The zero-order valence-corrected chi connectivity index (χ0v) is 11.8. The molecular weight excluding hydrogens is 275 g/mol. The van der Waals surface area contributed by atoms with Crippen molar-refractivity contribution in [3.05, 3.63) is 24.0 Å². The van der Waals surface area contributed by atoms with Crippen LogP contribution in [0.25, 0.3) is 10.9 Å². The maximum absolute atomic E-state index is 14.0. The predicted octanol–water partition coefficient (Wildman–Crippen LogP) is 1.28. The highest BCUT2D eigenvalue weighted by Gasteiger charge is 2.20. The quantitative estimate of drug-likeness (QED) is 0.640. The Balaban J connectivity index is 2.41. The Labute approximate surface area is 121 Å². The molecule has 7 heteroatoms. The molecule has 0 saturated heterocycles. The van der Waals surface area contributed by atoms with E-state index in [9.17, 15) is 14.6 Å². The van der Waals surface area contributed by atoms with Crippen molar-refractivity contribution in [2.45, 2.75) is 31.9 Å². The van der Waals surface area contributed by atoms with Crippen LogP contribution in [0.5, 0.6) is 0 Å². The molecule has 114 valence electrons. The predicted molar refractivity (Wildman–Crippen MR) is 79.3 cm³/mol. The van der Waals surface area contributed by atoms with E-state index in [1.165, 1.54) is 12.1 Å². The molecule has 0 unspecified atom stereocenters. The molecular formula is C14H19FN4O2. The molecule has 0 saturated carbocycles. The molecule has 0 aliphatic carbocycles. The molecule has 1 aromatic carbocycles. The summed E-state index contributed by atoms with van der Waals surface area (Å²) in [7, 11) is 0. The summed E-state index contributed by atoms with van der Waals surface area (Å²) in [6, 6.07) is 3.80. The normalized spacial score (nSPS) is 14.1. The van der Waals surface area contributed by atoms with Crippen molar-refractivity contribution < 1.29 is 14.6 Å². The number of benzene rings is 1. The first-order valence-electron chi connectivity index (χ1n) is 6.84. The molecule has 6 nitrogen and oxygen atoms in total. The minimum absolute atomic E-state index is 0.00253. The third-order valence-corrected chi connectivity index (χ3v) is 3.26. The zero-order valence-electron chi connectivity index (χ0n) is 11.8. The first-order chi connectivity index (χ1) is 10.1. The summed E-state index contributed by atoms with van der Waals surface area (Å²) in [6.45, 7) is 1.62. The maximum Gasteiger partial charge on any atom is 0.222 e. The average molecular weight is 294 g/mol. The van der Waals surface area contributed by atoms with Crippen LogP contribution in [0.15, 0.2) is 18.2 Å². The maximum atomic E-state index is 14.0. The van der Waals surface area contributed by atoms with Gasteiger partial charge in [-0.15, -0.1) is 0 Å². The molecule has 0 aliphatic rings. The van der Waals surface area contributed by atoms with E-state index in [1.54, 1.807) is 6.07 Å². The molecule has 2 rings (SSSR count). The van der Waals surface area contributed by atoms with Crippen molar-refractivity contribution in [3.63, 3.8) is 0 Å². The number of hydrogen-bond donors (Lipinski definition) is 4. The van der Waals surface area contributed by atoms with Crippen molar-refractivity contribution in [1.82, 2.24) is 9.97 Å². The highest BCUT2D eigenvalue weighted by atomic mass is 19.1. The van der Waals surface area contributed by atoms with Crippen LogP contribution >= 0.6 is 0 Å². The third kappa shape index (κ3) is 3.37. The average Bonchev–Trinajstić information content (AvgIpc) is 2.44. The minimum atomic E-state index is -0.766. The number of aromatic nitrogens is 2. The van der Waals surface area contributed by atoms with E-state index in [0.717, 1.165) is 6.42 Å². The van der Waals surface area contributed by atoms with Crippen molar-refractivity contribution in [2.24, 2.45) is 0 Å². The number of anilines is 2. The molecule has 0 aliphatic heterocycles. The highest BCUT2D eigenvalue weighted by Crippen LogP contribution is 2.25. The van der Waals surface area contributed by atoms with E-state index in [1.807, 2.05) is 6.92 Å². The second kappa shape index (κ2) is 6.64. The van der Waals surface area contributed by atoms with Gasteiger partial charge in [0.15, 0.2) is 0 Å². The Hall–Kier alpha value is -1.99. The first kappa shape index (κ1) is 15.4. The van der Waals surface area contributed by atoms with Gasteiger partial charge in [0.1, 0.15) is 11.6 Å². The first-order valence-corrected chi connectivity index (χ1v) is 6.84. The largest absolute Gasteiger partial charge is 0.394 e. The lowest BCUT2D eigenvalue weighted by molar-refractivity contribution is 0.109. The molecule has 0 fully saturated rings. The molecule has 0 bridgehead atoms. The Morgan fingerprint density at radius 2 is 2.14 bits per heavy atom. The summed E-state index contributed by atoms with van der Waals surface area (Å²) in [5.74, 6) is -0.321. The van der Waals surface area contributed by atoms with Crippen LogP contribution in [-0.4, -0.2) is 38.9 Å². The molecule has 1 aromatic heterocycles. The van der Waals surface area contributed by atoms with Gasteiger partial charge in [0.25, 0.3) is 0 Å². The van der Waals surface area contributed by atoms with Gasteiger partial charge in [-0.3, -0.25) is 0 Å². The SMILES string of the molecule is CCC[C@@H](O)[C@@H](CO)Nc1nc(N)nc2cccc(F)c12. The van der Waals surface area contributed by atoms with Crippen molar-refractivity contribution in [2.75, 3.05) is 17.7 Å². The van der Waals surface area contributed by atoms with Gasteiger partial charge < -0.3 is 21.3 Å². The van der Waals surface area contributed by atoms with Gasteiger partial charge in [-0.1, -0.05) is 19.4 Å². The monoisotopic (exact) mass is 294 g/mol. The minimum Gasteiger partial charge on any atom is -0.394 e. The van der Waals surface area contributed by atoms with Gasteiger partial charge in [-0.05, 0) is 18.6 Å². The van der Waals surface area contributed by atoms with Crippen molar-refractivity contribution in [1.29, 1.82) is 0 Å². The molecule has 0 spiro atoms. The van der Waals surface area contributed by atoms with Gasteiger partial charge in [-0.25, -0.2) is 9.37 Å². The molecule has 21 heavy (non-hydrogen) atoms. The van der Waals surface area contributed by atoms with Crippen molar-refractivity contribution in [3.8, 4) is 0 Å². The van der Waals surface area contributed by atoms with Gasteiger partial charge in [0.05, 0.1) is 29.7 Å². The highest BCUT2D eigenvalue weighted by molar-refractivity contribution is 5.90. The number of halogens is 1. The van der Waals surface area contributed by atoms with Gasteiger partial charge in [0, 0.05) is 0 Å². The van der Waals surface area contributed by atoms with Crippen LogP contribution in [0.1, 0.15) is 19.8 Å². The molecule has 1 heterocycles. The number of rotatable bonds is 6. The second-order valence-corrected chi connectivity index (χ2v) is 4.85. The summed E-state index contributed by atoms with van der Waals surface area (Å²) < 4.78 is 14.0. The Bertz CT molecular complexity index is 623. The van der Waals surface area contributed by atoms with E-state index < -0.39 is 18.0 Å². The van der Waals surface area contributed by atoms with Crippen LogP contribution in [0.3, 0.4) is 0 Å². The fourth-order valence-corrected chi connectivity index (χ4v) is 2.20. The number of nitrogens with two attached hydrogens (primary N) is 1. The number of aliphatic hydroxyl groups excluding tert-OH is 2. The molecule has 0 amide bonds. The number of nitrogen functional groups attached to an aromatic ring is 1. The van der Waals surface area contributed by atoms with Gasteiger partial charge >= 0.3 is 0 Å². The standard InChI is InChI=1S/C14H19FN4O2/c1-2-4-11(21)10(7-20)17-13-12-8(15)5-3-6-9(12)18-14(16)19-13/h3,5-6,10-11,20-21H,2,4,7H2,1H3,(H3,16,17,18,19)/t10-,11-/m1/s1. The molecule has 0 radical (unpaired) electrons. The summed E-state index contributed by atoms with van der Waals surface area (Å²) in [5.41, 5.74) is 5.98. The summed E-state index contributed by atoms with van der Waals surface area (Å²) in [6.07, 6.45) is 0.512. The number of fused-ring (bicyclic) bond motifs is 1. The fraction of sp³-hybridized carbons (Fsp3) is 0.429. The Morgan fingerprint density at radius 1 is 1.38 bits per heavy atom. The van der Waals surface area contributed by atoms with Crippen LogP contribution in [0.2, 0.25) is 0 Å². The topological polar surface area (TPSA) is 104 Å². The van der Waals surface area contributed by atoms with E-state index >= 15 is 0 Å². The van der Waals surface area contributed by atoms with E-state index in [4.69, 9.17) is 5.73 Å². The zero-order chi connectivity index (χ0) is 15.4. The van der Waals surface area contributed by atoms with E-state index in [2.05, 4.69) is 15.3 Å². The number of aliphatic hydroxyl groups is 2. The van der Waals surface area contributed by atoms with Gasteiger partial charge in [0.2, 0.25) is 5.95 Å². The number of hydrogen-bond acceptors (Lipinski definition) is 6. The third-order valence-electron chi connectivity index (χ3n) is 3.26. The fourth-order valence-electron chi connectivity index (χ4n) is 2.20. The molecule has 2 atom stereocenters. The lowest BCUT2D eigenvalue weighted by Gasteiger charge is -2.23. The van der Waals surface area contributed by atoms with Crippen LogP contribution < -0.4 is 11.1 Å². The van der Waals surface area contributed by atoms with E-state index in [0.29, 0.717) is 11.9 Å². The lowest BCUT2D eigenvalue weighted by atomic mass is 10.1. The van der Waals surface area contributed by atoms with E-state index in [-0.39, 0.29) is 23.8 Å². The lowest BCUT2D eigenvalue weighted by Crippen LogP contribution is -2.37. The van der Waals surface area contributed by atoms with Crippen LogP contribution in [-0.2, 0) is 0 Å². The summed E-state index contributed by atoms with van der Waals surface area (Å²) in [5, 5.41) is 22.4. The molecule has 5 N–H and O–H groups in total. The van der Waals surface area contributed by atoms with Gasteiger partial charge in [-0.2, -0.15) is 4.98 Å².